The lowest BCUT2D eigenvalue weighted by atomic mass is 10.1. The average molecular weight is 470 g/mol. The Balaban J connectivity index is 1.88. The Bertz CT molecular complexity index is 1010. The largest absolute Gasteiger partial charge is 0.489 e. The number of oxazole rings is 1. The number of nitrogens with zero attached hydrogens (tertiary/aromatic N) is 1. The second-order valence-corrected chi connectivity index (χ2v) is 8.72. The van der Waals surface area contributed by atoms with E-state index in [1.54, 1.807) is 20.8 Å². The van der Waals surface area contributed by atoms with Gasteiger partial charge in [0.1, 0.15) is 0 Å². The molecule has 1 aliphatic rings. The van der Waals surface area contributed by atoms with Crippen LogP contribution in [0.5, 0.6) is 11.5 Å². The fourth-order valence-electron chi connectivity index (χ4n) is 2.86. The van der Waals surface area contributed by atoms with E-state index in [2.05, 4.69) is 15.0 Å². The number of alkyl halides is 2. The van der Waals surface area contributed by atoms with E-state index in [1.165, 1.54) is 25.1 Å². The summed E-state index contributed by atoms with van der Waals surface area (Å²) in [6.07, 6.45) is 0.0252. The van der Waals surface area contributed by atoms with Crippen molar-refractivity contribution < 1.29 is 41.4 Å². The van der Waals surface area contributed by atoms with Crippen molar-refractivity contribution in [2.24, 2.45) is 5.92 Å². The highest BCUT2D eigenvalue weighted by Crippen LogP contribution is 2.37. The van der Waals surface area contributed by atoms with Crippen LogP contribution in [0, 0.1) is 5.92 Å². The van der Waals surface area contributed by atoms with Crippen molar-refractivity contribution in [1.82, 2.24) is 10.3 Å². The Labute approximate surface area is 188 Å². The van der Waals surface area contributed by atoms with Gasteiger partial charge in [-0.05, 0) is 64.7 Å². The Kier molecular flexibility index (Phi) is 7.19. The van der Waals surface area contributed by atoms with E-state index in [0.29, 0.717) is 12.5 Å². The average Bonchev–Trinajstić information content (AvgIpc) is 3.40. The highest BCUT2D eigenvalue weighted by atomic mass is 19.3. The van der Waals surface area contributed by atoms with Gasteiger partial charge in [-0.25, -0.2) is 9.78 Å². The van der Waals surface area contributed by atoms with Crippen LogP contribution in [-0.4, -0.2) is 35.9 Å². The summed E-state index contributed by atoms with van der Waals surface area (Å²) in [6.45, 7) is 3.88. The Morgan fingerprint density at radius 2 is 1.94 bits per heavy atom. The fraction of sp³-hybridized carbons (Fsp3) is 0.500. The zero-order valence-electron chi connectivity index (χ0n) is 18.6. The third-order valence-corrected chi connectivity index (χ3v) is 4.55. The number of amides is 1. The molecular weight excluding hydrogens is 445 g/mol. The molecule has 0 bridgehead atoms. The maximum atomic E-state index is 13.7. The van der Waals surface area contributed by atoms with Gasteiger partial charge in [0.25, 0.3) is 0 Å². The summed E-state index contributed by atoms with van der Waals surface area (Å²) in [6, 6.07) is 2.05. The highest BCUT2D eigenvalue weighted by Gasteiger charge is 2.29. The van der Waals surface area contributed by atoms with Crippen molar-refractivity contribution in [2.45, 2.75) is 58.8 Å². The van der Waals surface area contributed by atoms with Crippen LogP contribution in [0.15, 0.2) is 22.6 Å². The Morgan fingerprint density at radius 1 is 1.24 bits per heavy atom. The summed E-state index contributed by atoms with van der Waals surface area (Å²) in [4.78, 5) is 27.4. The zero-order valence-corrected chi connectivity index (χ0v) is 18.6. The van der Waals surface area contributed by atoms with Gasteiger partial charge in [-0.2, -0.15) is 13.2 Å². The Hall–Kier alpha value is -3.24. The highest BCUT2D eigenvalue weighted by molar-refractivity contribution is 5.88. The molecule has 1 atom stereocenters. The fourth-order valence-corrected chi connectivity index (χ4v) is 2.86. The quantitative estimate of drug-likeness (QED) is 0.488. The SMILES string of the molecule is C[C@H](OC(=O)NC(C)(C)C)c1oc(-c2ccc(OC(F)F)c(OCC3CC3)c2)nc1C(=O)F. The van der Waals surface area contributed by atoms with Crippen molar-refractivity contribution in [2.75, 3.05) is 6.61 Å². The molecule has 1 fully saturated rings. The van der Waals surface area contributed by atoms with Gasteiger partial charge >= 0.3 is 18.7 Å². The minimum absolute atomic E-state index is 0.0291. The molecule has 1 aliphatic carbocycles. The second kappa shape index (κ2) is 9.72. The monoisotopic (exact) mass is 470 g/mol. The summed E-state index contributed by atoms with van der Waals surface area (Å²) < 4.78 is 60.0. The summed E-state index contributed by atoms with van der Waals surface area (Å²) in [7, 11) is 0. The van der Waals surface area contributed by atoms with E-state index >= 15 is 0 Å². The topological polar surface area (TPSA) is 99.9 Å². The first-order valence-electron chi connectivity index (χ1n) is 10.3. The molecule has 1 saturated carbocycles. The molecule has 0 unspecified atom stereocenters. The van der Waals surface area contributed by atoms with Crippen LogP contribution in [0.1, 0.15) is 62.9 Å². The minimum Gasteiger partial charge on any atom is -0.489 e. The predicted octanol–water partition coefficient (Wildman–Crippen LogP) is 5.43. The molecule has 0 spiro atoms. The molecule has 1 N–H and O–H groups in total. The van der Waals surface area contributed by atoms with Crippen LogP contribution in [0.4, 0.5) is 18.0 Å². The number of alkyl carbamates (subject to hydrolysis) is 1. The lowest BCUT2D eigenvalue weighted by Crippen LogP contribution is -2.41. The molecule has 33 heavy (non-hydrogen) atoms. The molecule has 0 aliphatic heterocycles. The molecule has 1 heterocycles. The molecule has 8 nitrogen and oxygen atoms in total. The molecule has 180 valence electrons. The van der Waals surface area contributed by atoms with Gasteiger partial charge < -0.3 is 23.9 Å². The van der Waals surface area contributed by atoms with Gasteiger partial charge in [-0.3, -0.25) is 4.79 Å². The number of halogens is 3. The predicted molar refractivity (Wildman–Crippen MR) is 110 cm³/mol. The van der Waals surface area contributed by atoms with Crippen LogP contribution in [0.3, 0.4) is 0 Å². The first-order valence-corrected chi connectivity index (χ1v) is 10.3. The van der Waals surface area contributed by atoms with Gasteiger partial charge in [-0.15, -0.1) is 0 Å². The molecular formula is C22H25F3N2O6. The number of nitrogens with one attached hydrogen (secondary N) is 1. The van der Waals surface area contributed by atoms with E-state index in [-0.39, 0.29) is 28.7 Å². The number of rotatable bonds is 9. The van der Waals surface area contributed by atoms with Crippen LogP contribution >= 0.6 is 0 Å². The molecule has 2 aromatic rings. The van der Waals surface area contributed by atoms with E-state index in [0.717, 1.165) is 12.8 Å². The number of benzene rings is 1. The molecule has 1 aromatic carbocycles. The summed E-state index contributed by atoms with van der Waals surface area (Å²) in [5.74, 6) is -0.290. The van der Waals surface area contributed by atoms with Crippen LogP contribution in [-0.2, 0) is 4.74 Å². The lowest BCUT2D eigenvalue weighted by Gasteiger charge is -2.21. The first-order chi connectivity index (χ1) is 15.4. The molecule has 0 saturated heterocycles. The minimum atomic E-state index is -3.06. The van der Waals surface area contributed by atoms with E-state index < -0.39 is 36.1 Å². The van der Waals surface area contributed by atoms with Gasteiger partial charge in [0, 0.05) is 11.1 Å². The van der Waals surface area contributed by atoms with E-state index in [1.807, 2.05) is 0 Å². The van der Waals surface area contributed by atoms with Crippen molar-refractivity contribution in [3.8, 4) is 23.0 Å². The van der Waals surface area contributed by atoms with E-state index in [4.69, 9.17) is 13.9 Å². The number of aromatic nitrogens is 1. The van der Waals surface area contributed by atoms with Gasteiger partial charge in [0.2, 0.25) is 5.89 Å². The van der Waals surface area contributed by atoms with E-state index in [9.17, 15) is 22.8 Å². The molecule has 3 rings (SSSR count). The number of carbonyl (C=O) groups excluding carboxylic acids is 2. The van der Waals surface area contributed by atoms with Gasteiger partial charge in [0.15, 0.2) is 29.1 Å². The summed E-state index contributed by atoms with van der Waals surface area (Å²) in [5.41, 5.74) is -1.02. The van der Waals surface area contributed by atoms with Gasteiger partial charge in [0.05, 0.1) is 6.61 Å². The maximum Gasteiger partial charge on any atom is 0.408 e. The zero-order chi connectivity index (χ0) is 24.3. The van der Waals surface area contributed by atoms with Crippen molar-refractivity contribution >= 4 is 12.1 Å². The third kappa shape index (κ3) is 6.87. The van der Waals surface area contributed by atoms with Crippen LogP contribution in [0.2, 0.25) is 0 Å². The lowest BCUT2D eigenvalue weighted by molar-refractivity contribution is -0.0515. The standard InChI is InChI=1S/C22H25F3N2O6/c1-11(31-21(29)27-22(2,3)4)17-16(18(23)28)26-19(33-17)13-7-8-14(32-20(24)25)15(9-13)30-10-12-5-6-12/h7-9,11-12,20H,5-6,10H2,1-4H3,(H,27,29)/t11-/m0/s1. The number of carbonyl (C=O) groups is 2. The normalized spacial score (nSPS) is 14.7. The maximum absolute atomic E-state index is 13.7. The second-order valence-electron chi connectivity index (χ2n) is 8.72. The molecule has 1 amide bonds. The number of hydrogen-bond acceptors (Lipinski definition) is 7. The number of ether oxygens (including phenoxy) is 3. The Morgan fingerprint density at radius 3 is 2.52 bits per heavy atom. The first kappa shape index (κ1) is 24.4. The van der Waals surface area contributed by atoms with Crippen LogP contribution < -0.4 is 14.8 Å². The molecule has 1 aromatic heterocycles. The van der Waals surface area contributed by atoms with Crippen molar-refractivity contribution in [3.63, 3.8) is 0 Å². The van der Waals surface area contributed by atoms with Gasteiger partial charge in [-0.1, -0.05) is 0 Å². The molecule has 11 heteroatoms. The third-order valence-electron chi connectivity index (χ3n) is 4.55. The summed E-state index contributed by atoms with van der Waals surface area (Å²) in [5, 5.41) is 2.57. The van der Waals surface area contributed by atoms with Crippen molar-refractivity contribution in [3.05, 3.63) is 29.7 Å². The smallest absolute Gasteiger partial charge is 0.408 e. The van der Waals surface area contributed by atoms with Crippen molar-refractivity contribution in [1.29, 1.82) is 0 Å². The van der Waals surface area contributed by atoms with Crippen LogP contribution in [0.25, 0.3) is 11.5 Å². The molecule has 0 radical (unpaired) electrons. The summed E-state index contributed by atoms with van der Waals surface area (Å²) >= 11 is 0. The number of hydrogen-bond donors (Lipinski definition) is 1.